The van der Waals surface area contributed by atoms with E-state index in [2.05, 4.69) is 44.6 Å². The Bertz CT molecular complexity index is 823. The first-order chi connectivity index (χ1) is 17.7. The predicted octanol–water partition coefficient (Wildman–Crippen LogP) is 9.50. The van der Waals surface area contributed by atoms with Crippen LogP contribution in [0.15, 0.2) is 5.11 Å². The monoisotopic (exact) mass is 513 g/mol. The molecule has 0 N–H and O–H groups in total. The predicted molar refractivity (Wildman–Crippen MR) is 151 cm³/mol. The Kier molecular flexibility index (Phi) is 9.58. The summed E-state index contributed by atoms with van der Waals surface area (Å²) in [6, 6.07) is 0. The minimum absolute atomic E-state index is 0.0591. The second-order valence-electron chi connectivity index (χ2n) is 14.5. The number of fused-ring (bicyclic) bond motifs is 5. The largest absolute Gasteiger partial charge is 0.462 e. The van der Waals surface area contributed by atoms with Gasteiger partial charge in [-0.3, -0.25) is 4.79 Å². The Labute approximate surface area is 226 Å². The molecule has 0 aliphatic heterocycles. The van der Waals surface area contributed by atoms with Gasteiger partial charge in [-0.25, -0.2) is 0 Å². The van der Waals surface area contributed by atoms with E-state index in [9.17, 15) is 4.79 Å². The summed E-state index contributed by atoms with van der Waals surface area (Å²) in [6.45, 7) is 13.1. The van der Waals surface area contributed by atoms with Crippen molar-refractivity contribution in [2.45, 2.75) is 137 Å². The number of rotatable bonds is 11. The quantitative estimate of drug-likeness (QED) is 0.0906. The van der Waals surface area contributed by atoms with Crippen molar-refractivity contribution in [3.63, 3.8) is 0 Å². The van der Waals surface area contributed by atoms with Crippen LogP contribution in [-0.2, 0) is 9.53 Å². The van der Waals surface area contributed by atoms with Gasteiger partial charge in [0, 0.05) is 17.9 Å². The fourth-order valence-electron chi connectivity index (χ4n) is 10.1. The molecule has 210 valence electrons. The number of esters is 1. The highest BCUT2D eigenvalue weighted by Gasteiger charge is 2.60. The molecule has 4 fully saturated rings. The van der Waals surface area contributed by atoms with Crippen LogP contribution in [-0.4, -0.2) is 18.6 Å². The smallest absolute Gasteiger partial charge is 0.306 e. The molecule has 0 radical (unpaired) electrons. The van der Waals surface area contributed by atoms with Gasteiger partial charge in [-0.1, -0.05) is 59.0 Å². The molecule has 0 aromatic heterocycles. The molecule has 4 rings (SSSR count). The number of unbranched alkanes of at least 4 members (excludes halogenated alkanes) is 1. The minimum atomic E-state index is -0.0591. The van der Waals surface area contributed by atoms with Crippen molar-refractivity contribution in [3.8, 4) is 0 Å². The van der Waals surface area contributed by atoms with E-state index >= 15 is 0 Å². The van der Waals surface area contributed by atoms with Gasteiger partial charge in [0.2, 0.25) is 0 Å². The molecule has 0 aromatic carbocycles. The van der Waals surface area contributed by atoms with E-state index in [1.807, 2.05) is 0 Å². The fraction of sp³-hybridized carbons (Fsp3) is 0.969. The second kappa shape index (κ2) is 12.3. The molecule has 0 aromatic rings. The van der Waals surface area contributed by atoms with Crippen LogP contribution in [0.1, 0.15) is 131 Å². The molecule has 37 heavy (non-hydrogen) atoms. The lowest BCUT2D eigenvalue weighted by Gasteiger charge is -2.61. The van der Waals surface area contributed by atoms with E-state index < -0.39 is 0 Å². The maximum absolute atomic E-state index is 12.4. The van der Waals surface area contributed by atoms with Gasteiger partial charge in [-0.05, 0) is 128 Å². The molecule has 4 aliphatic rings. The molecule has 4 aliphatic carbocycles. The van der Waals surface area contributed by atoms with Crippen LogP contribution in [0.5, 0.6) is 0 Å². The van der Waals surface area contributed by atoms with Crippen LogP contribution in [0.25, 0.3) is 10.4 Å². The van der Waals surface area contributed by atoms with E-state index in [-0.39, 0.29) is 12.1 Å². The summed E-state index contributed by atoms with van der Waals surface area (Å²) in [7, 11) is 0. The van der Waals surface area contributed by atoms with Gasteiger partial charge in [-0.2, -0.15) is 0 Å². The van der Waals surface area contributed by atoms with Crippen LogP contribution in [0.3, 0.4) is 0 Å². The van der Waals surface area contributed by atoms with Crippen molar-refractivity contribution < 1.29 is 9.53 Å². The molecule has 0 saturated heterocycles. The average Bonchev–Trinajstić information content (AvgIpc) is 3.21. The first-order valence-corrected chi connectivity index (χ1v) is 15.9. The van der Waals surface area contributed by atoms with Gasteiger partial charge in [-0.15, -0.1) is 0 Å². The highest BCUT2D eigenvalue weighted by molar-refractivity contribution is 5.69. The molecule has 0 spiro atoms. The molecule has 4 saturated carbocycles. The Balaban J connectivity index is 1.32. The zero-order valence-corrected chi connectivity index (χ0v) is 24.6. The van der Waals surface area contributed by atoms with Gasteiger partial charge < -0.3 is 4.74 Å². The van der Waals surface area contributed by atoms with Gasteiger partial charge in [0.25, 0.3) is 0 Å². The Morgan fingerprint density at radius 2 is 1.70 bits per heavy atom. The normalized spacial score (nSPS) is 39.7. The maximum Gasteiger partial charge on any atom is 0.306 e. The van der Waals surface area contributed by atoms with Crippen molar-refractivity contribution in [1.29, 1.82) is 0 Å². The van der Waals surface area contributed by atoms with Crippen LogP contribution >= 0.6 is 0 Å². The van der Waals surface area contributed by atoms with Crippen molar-refractivity contribution in [3.05, 3.63) is 10.4 Å². The minimum Gasteiger partial charge on any atom is -0.462 e. The van der Waals surface area contributed by atoms with Gasteiger partial charge in [0.1, 0.15) is 6.10 Å². The van der Waals surface area contributed by atoms with Crippen LogP contribution in [0.4, 0.5) is 0 Å². The lowest BCUT2D eigenvalue weighted by molar-refractivity contribution is -0.162. The summed E-state index contributed by atoms with van der Waals surface area (Å²) >= 11 is 0. The highest BCUT2D eigenvalue weighted by atomic mass is 16.5. The lowest BCUT2D eigenvalue weighted by Crippen LogP contribution is -2.54. The molecule has 5 nitrogen and oxygen atoms in total. The third-order valence-electron chi connectivity index (χ3n) is 12.1. The van der Waals surface area contributed by atoms with Crippen LogP contribution in [0, 0.1) is 52.3 Å². The Hall–Kier alpha value is -1.22. The second-order valence-corrected chi connectivity index (χ2v) is 14.5. The fourth-order valence-corrected chi connectivity index (χ4v) is 10.1. The third-order valence-corrected chi connectivity index (χ3v) is 12.1. The standard InChI is InChI=1S/C32H55N3O2/c1-22(2)9-8-10-23(3)27-14-15-28-26-13-12-24-21-25(37-30(36)11-6-7-20-34-35-33)16-18-31(24,4)29(26)17-19-32(27,28)5/h22-29H,6-21H2,1-5H3/t23-,24+,25+,26?,27?,28?,29?,31+,32-/m1/s1. The molecule has 0 amide bonds. The van der Waals surface area contributed by atoms with E-state index in [1.54, 1.807) is 0 Å². The zero-order valence-electron chi connectivity index (χ0n) is 24.6. The van der Waals surface area contributed by atoms with Crippen LogP contribution < -0.4 is 0 Å². The number of azide groups is 1. The molecular weight excluding hydrogens is 458 g/mol. The maximum atomic E-state index is 12.4. The first kappa shape index (κ1) is 28.8. The Morgan fingerprint density at radius 1 is 0.946 bits per heavy atom. The summed E-state index contributed by atoms with van der Waals surface area (Å²) in [4.78, 5) is 15.2. The summed E-state index contributed by atoms with van der Waals surface area (Å²) in [6.07, 6.45) is 18.1. The van der Waals surface area contributed by atoms with Gasteiger partial charge in [0.05, 0.1) is 0 Å². The van der Waals surface area contributed by atoms with Crippen molar-refractivity contribution in [2.24, 2.45) is 57.4 Å². The SMILES string of the molecule is CC(C)CCC[C@@H](C)C1CCC2C3CC[C@H]4C[C@@H](OC(=O)CCCCN=[N+]=[N-])CC[C@]4(C)C3CC[C@@]21C. The van der Waals surface area contributed by atoms with Gasteiger partial charge >= 0.3 is 5.97 Å². The summed E-state index contributed by atoms with van der Waals surface area (Å²) in [5.41, 5.74) is 9.38. The van der Waals surface area contributed by atoms with Gasteiger partial charge in [0.15, 0.2) is 0 Å². The molecule has 0 bridgehead atoms. The molecule has 0 heterocycles. The molecule has 9 atom stereocenters. The van der Waals surface area contributed by atoms with E-state index in [4.69, 9.17) is 10.3 Å². The van der Waals surface area contributed by atoms with Crippen molar-refractivity contribution >= 4 is 5.97 Å². The number of carbonyl (C=O) groups excluding carboxylic acids is 1. The Morgan fingerprint density at radius 3 is 2.46 bits per heavy atom. The molecular formula is C32H55N3O2. The summed E-state index contributed by atoms with van der Waals surface area (Å²) < 4.78 is 5.96. The highest BCUT2D eigenvalue weighted by Crippen LogP contribution is 2.68. The molecule has 4 unspecified atom stereocenters. The topological polar surface area (TPSA) is 75.1 Å². The summed E-state index contributed by atoms with van der Waals surface area (Å²) in [5.74, 6) is 6.01. The number of nitrogens with zero attached hydrogens (tertiary/aromatic N) is 3. The van der Waals surface area contributed by atoms with E-state index in [1.165, 1.54) is 64.2 Å². The number of hydrogen-bond acceptors (Lipinski definition) is 3. The van der Waals surface area contributed by atoms with Crippen molar-refractivity contribution in [1.82, 2.24) is 0 Å². The lowest BCUT2D eigenvalue weighted by atomic mass is 9.44. The zero-order chi connectivity index (χ0) is 26.6. The van der Waals surface area contributed by atoms with Crippen molar-refractivity contribution in [2.75, 3.05) is 6.54 Å². The van der Waals surface area contributed by atoms with Crippen LogP contribution in [0.2, 0.25) is 0 Å². The first-order valence-electron chi connectivity index (χ1n) is 15.9. The number of ether oxygens (including phenoxy) is 1. The molecule has 5 heteroatoms. The number of carbonyl (C=O) groups is 1. The van der Waals surface area contributed by atoms with E-state index in [0.717, 1.165) is 61.2 Å². The van der Waals surface area contributed by atoms with E-state index in [0.29, 0.717) is 29.7 Å². The third kappa shape index (κ3) is 6.18. The number of hydrogen-bond donors (Lipinski definition) is 0. The average molecular weight is 514 g/mol. The summed E-state index contributed by atoms with van der Waals surface area (Å²) in [5, 5.41) is 3.55.